The molecule has 0 unspecified atom stereocenters. The van der Waals surface area contributed by atoms with E-state index in [1.807, 2.05) is 18.2 Å². The molecule has 2 aliphatic rings. The molecule has 126 valence electrons. The van der Waals surface area contributed by atoms with Crippen molar-refractivity contribution in [2.24, 2.45) is 0 Å². The molecule has 2 heterocycles. The van der Waals surface area contributed by atoms with E-state index >= 15 is 0 Å². The van der Waals surface area contributed by atoms with Crippen molar-refractivity contribution in [3.05, 3.63) is 47.0 Å². The SMILES string of the molecule is CCN(Cc1ccc2c3c(cccc13)C(=O)OC2)[C@@H]1COC[C@H]1O. The first-order valence-electron chi connectivity index (χ1n) is 8.39. The van der Waals surface area contributed by atoms with Crippen molar-refractivity contribution in [2.75, 3.05) is 19.8 Å². The fraction of sp³-hybridized carbons (Fsp3) is 0.421. The van der Waals surface area contributed by atoms with Gasteiger partial charge in [-0.05, 0) is 29.1 Å². The van der Waals surface area contributed by atoms with Gasteiger partial charge in [-0.1, -0.05) is 31.2 Å². The van der Waals surface area contributed by atoms with Gasteiger partial charge in [0.2, 0.25) is 0 Å². The molecule has 2 aromatic rings. The van der Waals surface area contributed by atoms with E-state index in [2.05, 4.69) is 24.0 Å². The van der Waals surface area contributed by atoms with E-state index < -0.39 is 6.10 Å². The normalized spacial score (nSPS) is 23.0. The summed E-state index contributed by atoms with van der Waals surface area (Å²) in [6.45, 7) is 4.93. The van der Waals surface area contributed by atoms with E-state index in [1.165, 1.54) is 0 Å². The Bertz CT molecular complexity index is 788. The van der Waals surface area contributed by atoms with Gasteiger partial charge in [0.15, 0.2) is 0 Å². The molecule has 0 aromatic heterocycles. The second-order valence-electron chi connectivity index (χ2n) is 6.42. The molecule has 5 nitrogen and oxygen atoms in total. The molecule has 0 saturated carbocycles. The lowest BCUT2D eigenvalue weighted by Crippen LogP contribution is -2.42. The number of aliphatic hydroxyl groups is 1. The van der Waals surface area contributed by atoms with Crippen LogP contribution in [0.15, 0.2) is 30.3 Å². The maximum atomic E-state index is 12.0. The molecule has 4 rings (SSSR count). The van der Waals surface area contributed by atoms with Crippen LogP contribution in [-0.4, -0.2) is 47.9 Å². The highest BCUT2D eigenvalue weighted by atomic mass is 16.5. The number of hydrogen-bond acceptors (Lipinski definition) is 5. The number of likely N-dealkylation sites (N-methyl/N-ethyl adjacent to an activating group) is 1. The van der Waals surface area contributed by atoms with Crippen molar-refractivity contribution < 1.29 is 19.4 Å². The second-order valence-corrected chi connectivity index (χ2v) is 6.42. The van der Waals surface area contributed by atoms with E-state index in [9.17, 15) is 9.90 Å². The molecule has 1 N–H and O–H groups in total. The number of esters is 1. The van der Waals surface area contributed by atoms with Gasteiger partial charge in [0.05, 0.1) is 30.9 Å². The third-order valence-electron chi connectivity index (χ3n) is 5.07. The summed E-state index contributed by atoms with van der Waals surface area (Å²) < 4.78 is 10.6. The van der Waals surface area contributed by atoms with Crippen molar-refractivity contribution in [3.63, 3.8) is 0 Å². The van der Waals surface area contributed by atoms with Gasteiger partial charge in [0.1, 0.15) is 6.61 Å². The van der Waals surface area contributed by atoms with Gasteiger partial charge in [-0.3, -0.25) is 4.90 Å². The van der Waals surface area contributed by atoms with E-state index in [0.29, 0.717) is 25.4 Å². The zero-order valence-corrected chi connectivity index (χ0v) is 13.7. The Kier molecular flexibility index (Phi) is 4.00. The molecule has 24 heavy (non-hydrogen) atoms. The van der Waals surface area contributed by atoms with Crippen LogP contribution in [0.4, 0.5) is 0 Å². The maximum Gasteiger partial charge on any atom is 0.339 e. The molecule has 1 saturated heterocycles. The summed E-state index contributed by atoms with van der Waals surface area (Å²) in [5, 5.41) is 12.2. The maximum absolute atomic E-state index is 12.0. The number of carbonyl (C=O) groups is 1. The van der Waals surface area contributed by atoms with Crippen LogP contribution in [0.3, 0.4) is 0 Å². The summed E-state index contributed by atoms with van der Waals surface area (Å²) in [5.74, 6) is -0.253. The first-order valence-corrected chi connectivity index (χ1v) is 8.39. The average molecular weight is 327 g/mol. The van der Waals surface area contributed by atoms with Crippen LogP contribution in [0.2, 0.25) is 0 Å². The lowest BCUT2D eigenvalue weighted by atomic mass is 9.94. The Morgan fingerprint density at radius 3 is 2.88 bits per heavy atom. The van der Waals surface area contributed by atoms with Crippen LogP contribution in [0.5, 0.6) is 0 Å². The van der Waals surface area contributed by atoms with E-state index in [-0.39, 0.29) is 12.0 Å². The van der Waals surface area contributed by atoms with Crippen molar-refractivity contribution >= 4 is 16.7 Å². The van der Waals surface area contributed by atoms with Gasteiger partial charge in [0, 0.05) is 11.9 Å². The van der Waals surface area contributed by atoms with Gasteiger partial charge in [-0.2, -0.15) is 0 Å². The number of cyclic esters (lactones) is 1. The Balaban J connectivity index is 1.74. The highest BCUT2D eigenvalue weighted by molar-refractivity contribution is 6.08. The van der Waals surface area contributed by atoms with Crippen LogP contribution in [0.25, 0.3) is 10.8 Å². The van der Waals surface area contributed by atoms with Crippen LogP contribution in [-0.2, 0) is 22.6 Å². The molecular formula is C19H21NO4. The number of aliphatic hydroxyl groups excluding tert-OH is 1. The van der Waals surface area contributed by atoms with Crippen molar-refractivity contribution in [3.8, 4) is 0 Å². The number of hydrogen-bond donors (Lipinski definition) is 1. The van der Waals surface area contributed by atoms with Crippen LogP contribution in [0, 0.1) is 0 Å². The largest absolute Gasteiger partial charge is 0.457 e. The van der Waals surface area contributed by atoms with Gasteiger partial charge in [-0.25, -0.2) is 4.79 Å². The van der Waals surface area contributed by atoms with Gasteiger partial charge in [0.25, 0.3) is 0 Å². The quantitative estimate of drug-likeness (QED) is 0.872. The van der Waals surface area contributed by atoms with Crippen molar-refractivity contribution in [2.45, 2.75) is 32.2 Å². The molecule has 0 spiro atoms. The van der Waals surface area contributed by atoms with E-state index in [4.69, 9.17) is 9.47 Å². The summed E-state index contributed by atoms with van der Waals surface area (Å²) >= 11 is 0. The Labute approximate surface area is 140 Å². The fourth-order valence-electron chi connectivity index (χ4n) is 3.75. The lowest BCUT2D eigenvalue weighted by Gasteiger charge is -2.29. The first kappa shape index (κ1) is 15.6. The summed E-state index contributed by atoms with van der Waals surface area (Å²) in [5.41, 5.74) is 2.85. The molecule has 2 aromatic carbocycles. The molecule has 0 radical (unpaired) electrons. The van der Waals surface area contributed by atoms with Crippen LogP contribution < -0.4 is 0 Å². The predicted molar refractivity (Wildman–Crippen MR) is 89.8 cm³/mol. The standard InChI is InChI=1S/C19H21NO4/c1-2-20(16-10-23-11-17(16)21)8-12-6-7-13-9-24-19(22)15-5-3-4-14(12)18(13)15/h3-7,16-17,21H,2,8-11H2,1H3/t16-,17-/m1/s1. The minimum atomic E-state index is -0.445. The number of benzene rings is 2. The zero-order chi connectivity index (χ0) is 16.7. The Hall–Kier alpha value is -1.95. The summed E-state index contributed by atoms with van der Waals surface area (Å²) in [6.07, 6.45) is -0.445. The summed E-state index contributed by atoms with van der Waals surface area (Å²) in [6, 6.07) is 9.95. The Morgan fingerprint density at radius 2 is 2.12 bits per heavy atom. The smallest absolute Gasteiger partial charge is 0.339 e. The second kappa shape index (κ2) is 6.16. The van der Waals surface area contributed by atoms with Crippen LogP contribution in [0.1, 0.15) is 28.4 Å². The molecule has 2 aliphatic heterocycles. The Morgan fingerprint density at radius 1 is 1.25 bits per heavy atom. The minimum absolute atomic E-state index is 0.0192. The van der Waals surface area contributed by atoms with Gasteiger partial charge in [-0.15, -0.1) is 0 Å². The molecule has 2 atom stereocenters. The van der Waals surface area contributed by atoms with E-state index in [1.54, 1.807) is 0 Å². The first-order chi connectivity index (χ1) is 11.7. The highest BCUT2D eigenvalue weighted by Crippen LogP contribution is 2.32. The number of ether oxygens (including phenoxy) is 2. The third kappa shape index (κ3) is 2.49. The van der Waals surface area contributed by atoms with Crippen molar-refractivity contribution in [1.82, 2.24) is 4.90 Å². The lowest BCUT2D eigenvalue weighted by molar-refractivity contribution is 0.0463. The number of rotatable bonds is 4. The van der Waals surface area contributed by atoms with Crippen molar-refractivity contribution in [1.29, 1.82) is 0 Å². The molecule has 0 bridgehead atoms. The summed E-state index contributed by atoms with van der Waals surface area (Å²) in [7, 11) is 0. The minimum Gasteiger partial charge on any atom is -0.457 e. The van der Waals surface area contributed by atoms with Gasteiger partial charge >= 0.3 is 5.97 Å². The molecular weight excluding hydrogens is 306 g/mol. The molecule has 0 aliphatic carbocycles. The van der Waals surface area contributed by atoms with Crippen LogP contribution >= 0.6 is 0 Å². The molecule has 5 heteroatoms. The summed E-state index contributed by atoms with van der Waals surface area (Å²) in [4.78, 5) is 14.3. The average Bonchev–Trinajstić information content (AvgIpc) is 3.03. The number of carbonyl (C=O) groups excluding carboxylic acids is 1. The monoisotopic (exact) mass is 327 g/mol. The predicted octanol–water partition coefficient (Wildman–Crippen LogP) is 2.09. The van der Waals surface area contributed by atoms with E-state index in [0.717, 1.165) is 35.0 Å². The van der Waals surface area contributed by atoms with Gasteiger partial charge < -0.3 is 14.6 Å². The fourth-order valence-corrected chi connectivity index (χ4v) is 3.75. The molecule has 0 amide bonds. The number of nitrogens with zero attached hydrogens (tertiary/aromatic N) is 1. The third-order valence-corrected chi connectivity index (χ3v) is 5.07. The zero-order valence-electron chi connectivity index (χ0n) is 13.7. The highest BCUT2D eigenvalue weighted by Gasteiger charge is 2.31. The molecule has 1 fully saturated rings. The topological polar surface area (TPSA) is 59.0 Å².